The van der Waals surface area contributed by atoms with Crippen LogP contribution in [-0.2, 0) is 11.3 Å². The molecule has 1 aromatic carbocycles. The van der Waals surface area contributed by atoms with Gasteiger partial charge in [0.25, 0.3) is 0 Å². The van der Waals surface area contributed by atoms with E-state index in [0.717, 1.165) is 17.2 Å². The number of carbonyl (C=O) groups is 1. The fourth-order valence-electron chi connectivity index (χ4n) is 1.49. The lowest BCUT2D eigenvalue weighted by molar-refractivity contribution is -0.131. The second-order valence-electron chi connectivity index (χ2n) is 3.46. The Morgan fingerprint density at radius 3 is 2.94 bits per heavy atom. The lowest BCUT2D eigenvalue weighted by Crippen LogP contribution is -2.01. The molecule has 5 heteroatoms. The smallest absolute Gasteiger partial charge is 0.328 e. The molecule has 2 rings (SSSR count). The molecule has 1 aromatic heterocycles. The number of aliphatic carboxylic acids is 1. The van der Waals surface area contributed by atoms with E-state index >= 15 is 0 Å². The first kappa shape index (κ1) is 11.1. The average molecular weight is 229 g/mol. The highest BCUT2D eigenvalue weighted by Gasteiger charge is 2.00. The molecule has 0 fully saturated rings. The van der Waals surface area contributed by atoms with Crippen LogP contribution in [0.3, 0.4) is 0 Å². The summed E-state index contributed by atoms with van der Waals surface area (Å²) < 4.78 is 1.69. The Kier molecular flexibility index (Phi) is 3.30. The lowest BCUT2D eigenvalue weighted by Gasteiger charge is -2.05. The molecule has 0 saturated carbocycles. The Balaban J connectivity index is 2.24. The molecular weight excluding hydrogens is 218 g/mol. The van der Waals surface area contributed by atoms with Crippen molar-refractivity contribution in [1.29, 1.82) is 0 Å². The van der Waals surface area contributed by atoms with Crippen LogP contribution in [0.4, 0.5) is 0 Å². The van der Waals surface area contributed by atoms with Gasteiger partial charge >= 0.3 is 5.97 Å². The van der Waals surface area contributed by atoms with Gasteiger partial charge in [-0.25, -0.2) is 14.5 Å². The monoisotopic (exact) mass is 229 g/mol. The molecule has 17 heavy (non-hydrogen) atoms. The largest absolute Gasteiger partial charge is 0.478 e. The van der Waals surface area contributed by atoms with E-state index in [1.165, 1.54) is 6.33 Å². The van der Waals surface area contributed by atoms with E-state index in [9.17, 15) is 4.79 Å². The van der Waals surface area contributed by atoms with Gasteiger partial charge in [-0.15, -0.1) is 0 Å². The lowest BCUT2D eigenvalue weighted by atomic mass is 10.1. The predicted molar refractivity (Wildman–Crippen MR) is 62.2 cm³/mol. The molecule has 0 amide bonds. The molecule has 0 aliphatic heterocycles. The standard InChI is InChI=1S/C12H11N3O2/c16-12(17)6-5-10-3-1-2-4-11(10)7-15-9-13-8-14-15/h1-6,8-9H,7H2,(H,16,17). The summed E-state index contributed by atoms with van der Waals surface area (Å²) in [5.74, 6) is -0.958. The molecule has 5 nitrogen and oxygen atoms in total. The molecule has 0 atom stereocenters. The number of carboxylic acids is 1. The Morgan fingerprint density at radius 1 is 1.41 bits per heavy atom. The van der Waals surface area contributed by atoms with E-state index < -0.39 is 5.97 Å². The SMILES string of the molecule is O=C(O)C=Cc1ccccc1Cn1cncn1. The second kappa shape index (κ2) is 5.07. The normalized spacial score (nSPS) is 10.8. The van der Waals surface area contributed by atoms with Gasteiger partial charge in [0, 0.05) is 6.08 Å². The zero-order valence-corrected chi connectivity index (χ0v) is 9.02. The van der Waals surface area contributed by atoms with Gasteiger partial charge in [0.1, 0.15) is 12.7 Å². The van der Waals surface area contributed by atoms with Gasteiger partial charge in [0.05, 0.1) is 6.54 Å². The first-order chi connectivity index (χ1) is 8.25. The van der Waals surface area contributed by atoms with Crippen molar-refractivity contribution in [3.63, 3.8) is 0 Å². The van der Waals surface area contributed by atoms with Crippen molar-refractivity contribution in [3.8, 4) is 0 Å². The van der Waals surface area contributed by atoms with E-state index in [0.29, 0.717) is 6.54 Å². The van der Waals surface area contributed by atoms with Crippen molar-refractivity contribution >= 4 is 12.0 Å². The van der Waals surface area contributed by atoms with E-state index in [2.05, 4.69) is 10.1 Å². The maximum Gasteiger partial charge on any atom is 0.328 e. The van der Waals surface area contributed by atoms with E-state index in [1.54, 1.807) is 17.1 Å². The molecule has 1 N–H and O–H groups in total. The molecule has 1 heterocycles. The molecule has 0 aliphatic carbocycles. The zero-order valence-electron chi connectivity index (χ0n) is 9.02. The number of nitrogens with zero attached hydrogens (tertiary/aromatic N) is 3. The minimum atomic E-state index is -0.958. The maximum absolute atomic E-state index is 10.5. The average Bonchev–Trinajstić information content (AvgIpc) is 2.80. The van der Waals surface area contributed by atoms with Gasteiger partial charge in [0.2, 0.25) is 0 Å². The first-order valence-corrected chi connectivity index (χ1v) is 5.07. The minimum absolute atomic E-state index is 0.570. The first-order valence-electron chi connectivity index (χ1n) is 5.07. The van der Waals surface area contributed by atoms with Crippen molar-refractivity contribution < 1.29 is 9.90 Å². The van der Waals surface area contributed by atoms with Crippen LogP contribution < -0.4 is 0 Å². The van der Waals surface area contributed by atoms with Crippen LogP contribution in [0, 0.1) is 0 Å². The van der Waals surface area contributed by atoms with Gasteiger partial charge in [0.15, 0.2) is 0 Å². The molecule has 0 saturated heterocycles. The van der Waals surface area contributed by atoms with Crippen molar-refractivity contribution in [3.05, 3.63) is 54.1 Å². The number of benzene rings is 1. The summed E-state index contributed by atoms with van der Waals surface area (Å²) in [5.41, 5.74) is 1.86. The highest BCUT2D eigenvalue weighted by Crippen LogP contribution is 2.11. The van der Waals surface area contributed by atoms with Gasteiger partial charge in [-0.05, 0) is 17.2 Å². The maximum atomic E-state index is 10.5. The van der Waals surface area contributed by atoms with Gasteiger partial charge < -0.3 is 5.11 Å². The van der Waals surface area contributed by atoms with E-state index in [4.69, 9.17) is 5.11 Å². The Hall–Kier alpha value is -2.43. The van der Waals surface area contributed by atoms with Crippen molar-refractivity contribution in [2.75, 3.05) is 0 Å². The second-order valence-corrected chi connectivity index (χ2v) is 3.46. The van der Waals surface area contributed by atoms with Crippen LogP contribution in [0.15, 0.2) is 43.0 Å². The summed E-state index contributed by atoms with van der Waals surface area (Å²) in [6.45, 7) is 0.570. The predicted octanol–water partition coefficient (Wildman–Crippen LogP) is 1.42. The van der Waals surface area contributed by atoms with Crippen LogP contribution in [0.5, 0.6) is 0 Å². The highest BCUT2D eigenvalue weighted by molar-refractivity contribution is 5.85. The Morgan fingerprint density at radius 2 is 2.24 bits per heavy atom. The van der Waals surface area contributed by atoms with Gasteiger partial charge in [-0.2, -0.15) is 5.10 Å². The van der Waals surface area contributed by atoms with Crippen molar-refractivity contribution in [1.82, 2.24) is 14.8 Å². The molecule has 2 aromatic rings. The summed E-state index contributed by atoms with van der Waals surface area (Å²) >= 11 is 0. The molecule has 0 bridgehead atoms. The van der Waals surface area contributed by atoms with Crippen LogP contribution in [0.2, 0.25) is 0 Å². The minimum Gasteiger partial charge on any atom is -0.478 e. The third-order valence-electron chi connectivity index (χ3n) is 2.26. The summed E-state index contributed by atoms with van der Waals surface area (Å²) in [7, 11) is 0. The summed E-state index contributed by atoms with van der Waals surface area (Å²) in [6.07, 6.45) is 5.79. The molecule has 0 aliphatic rings. The highest BCUT2D eigenvalue weighted by atomic mass is 16.4. The Labute approximate surface area is 98.0 Å². The fourth-order valence-corrected chi connectivity index (χ4v) is 1.49. The van der Waals surface area contributed by atoms with Crippen LogP contribution in [0.1, 0.15) is 11.1 Å². The van der Waals surface area contributed by atoms with Gasteiger partial charge in [-0.1, -0.05) is 24.3 Å². The van der Waals surface area contributed by atoms with E-state index in [-0.39, 0.29) is 0 Å². The molecule has 0 unspecified atom stereocenters. The van der Waals surface area contributed by atoms with Gasteiger partial charge in [-0.3, -0.25) is 0 Å². The number of carboxylic acid groups (broad SMARTS) is 1. The molecular formula is C12H11N3O2. The summed E-state index contributed by atoms with van der Waals surface area (Å²) in [6, 6.07) is 7.58. The van der Waals surface area contributed by atoms with Crippen LogP contribution in [-0.4, -0.2) is 25.8 Å². The number of rotatable bonds is 4. The Bertz CT molecular complexity index is 532. The molecule has 86 valence electrons. The fraction of sp³-hybridized carbons (Fsp3) is 0.0833. The van der Waals surface area contributed by atoms with Crippen molar-refractivity contribution in [2.45, 2.75) is 6.54 Å². The third kappa shape index (κ3) is 3.01. The quantitative estimate of drug-likeness (QED) is 0.805. The number of aromatic nitrogens is 3. The molecule has 0 radical (unpaired) electrons. The van der Waals surface area contributed by atoms with Crippen LogP contribution in [0.25, 0.3) is 6.08 Å². The summed E-state index contributed by atoms with van der Waals surface area (Å²) in [5, 5.41) is 12.6. The van der Waals surface area contributed by atoms with Crippen LogP contribution >= 0.6 is 0 Å². The molecule has 0 spiro atoms. The zero-order chi connectivity index (χ0) is 12.1. The summed E-state index contributed by atoms with van der Waals surface area (Å²) in [4.78, 5) is 14.3. The van der Waals surface area contributed by atoms with Crippen molar-refractivity contribution in [2.24, 2.45) is 0 Å². The third-order valence-corrected chi connectivity index (χ3v) is 2.26. The topological polar surface area (TPSA) is 68.0 Å². The van der Waals surface area contributed by atoms with E-state index in [1.807, 2.05) is 24.3 Å². The number of hydrogen-bond acceptors (Lipinski definition) is 3. The number of hydrogen-bond donors (Lipinski definition) is 1.